The van der Waals surface area contributed by atoms with E-state index in [4.69, 9.17) is 4.74 Å². The molecule has 1 heterocycles. The number of hydrogen-bond donors (Lipinski definition) is 2. The zero-order valence-electron chi connectivity index (χ0n) is 15.1. The average molecular weight is 465 g/mol. The highest BCUT2D eigenvalue weighted by molar-refractivity contribution is 9.10. The lowest BCUT2D eigenvalue weighted by atomic mass is 10.1. The molecule has 3 aromatic rings. The Labute approximate surface area is 174 Å². The number of hydrogen-bond acceptors (Lipinski definition) is 4. The maximum Gasteiger partial charge on any atom is 0.261 e. The van der Waals surface area contributed by atoms with Crippen LogP contribution in [0.5, 0.6) is 0 Å². The minimum absolute atomic E-state index is 0.126. The van der Waals surface area contributed by atoms with Crippen molar-refractivity contribution in [3.05, 3.63) is 63.2 Å². The first-order chi connectivity index (χ1) is 13.5. The van der Waals surface area contributed by atoms with Crippen LogP contribution in [0.3, 0.4) is 0 Å². The van der Waals surface area contributed by atoms with Crippen LogP contribution in [0.15, 0.2) is 46.9 Å². The Kier molecular flexibility index (Phi) is 6.77. The summed E-state index contributed by atoms with van der Waals surface area (Å²) in [6, 6.07) is 12.0. The van der Waals surface area contributed by atoms with E-state index in [0.717, 1.165) is 4.47 Å². The molecule has 0 atom stereocenters. The van der Waals surface area contributed by atoms with Crippen molar-refractivity contribution < 1.29 is 18.7 Å². The fourth-order valence-electron chi connectivity index (χ4n) is 2.76. The van der Waals surface area contributed by atoms with Crippen LogP contribution >= 0.6 is 27.3 Å². The van der Waals surface area contributed by atoms with Gasteiger partial charge in [0.2, 0.25) is 5.91 Å². The highest BCUT2D eigenvalue weighted by Crippen LogP contribution is 2.33. The van der Waals surface area contributed by atoms with E-state index in [1.807, 2.05) is 12.1 Å². The molecule has 0 aliphatic carbocycles. The molecule has 0 fully saturated rings. The maximum absolute atomic E-state index is 14.2. The van der Waals surface area contributed by atoms with E-state index >= 15 is 0 Å². The Morgan fingerprint density at radius 1 is 1.18 bits per heavy atom. The molecule has 0 aliphatic rings. The van der Waals surface area contributed by atoms with Crippen LogP contribution < -0.4 is 10.6 Å². The van der Waals surface area contributed by atoms with Gasteiger partial charge in [-0.15, -0.1) is 11.3 Å². The second-order valence-electron chi connectivity index (χ2n) is 6.02. The normalized spacial score (nSPS) is 10.8. The van der Waals surface area contributed by atoms with Crippen molar-refractivity contribution in [2.24, 2.45) is 0 Å². The molecular weight excluding hydrogens is 447 g/mol. The lowest BCUT2D eigenvalue weighted by Crippen LogP contribution is -2.27. The molecule has 1 aromatic heterocycles. The summed E-state index contributed by atoms with van der Waals surface area (Å²) in [5.74, 6) is -0.931. The molecule has 28 heavy (non-hydrogen) atoms. The van der Waals surface area contributed by atoms with Crippen LogP contribution in [-0.4, -0.2) is 25.5 Å². The van der Waals surface area contributed by atoms with Crippen molar-refractivity contribution in [3.8, 4) is 0 Å². The zero-order chi connectivity index (χ0) is 20.1. The second kappa shape index (κ2) is 9.27. The minimum atomic E-state index is -0.381. The summed E-state index contributed by atoms with van der Waals surface area (Å²) in [7, 11) is 1.50. The maximum atomic E-state index is 14.2. The van der Waals surface area contributed by atoms with E-state index < -0.39 is 0 Å². The van der Waals surface area contributed by atoms with Crippen LogP contribution in [0.2, 0.25) is 0 Å². The molecule has 2 amide bonds. The smallest absolute Gasteiger partial charge is 0.261 e. The second-order valence-corrected chi connectivity index (χ2v) is 7.98. The van der Waals surface area contributed by atoms with Gasteiger partial charge < -0.3 is 15.4 Å². The Balaban J connectivity index is 1.63. The summed E-state index contributed by atoms with van der Waals surface area (Å²) >= 11 is 4.55. The summed E-state index contributed by atoms with van der Waals surface area (Å²) < 4.78 is 21.0. The summed E-state index contributed by atoms with van der Waals surface area (Å²) in [5, 5.41) is 5.90. The molecule has 0 saturated heterocycles. The monoisotopic (exact) mass is 464 g/mol. The molecule has 0 spiro atoms. The third-order valence-electron chi connectivity index (χ3n) is 4.02. The minimum Gasteiger partial charge on any atom is -0.380 e. The van der Waals surface area contributed by atoms with Crippen molar-refractivity contribution in [2.45, 2.75) is 13.0 Å². The van der Waals surface area contributed by atoms with Crippen molar-refractivity contribution in [1.82, 2.24) is 5.32 Å². The van der Waals surface area contributed by atoms with Crippen molar-refractivity contribution in [1.29, 1.82) is 0 Å². The van der Waals surface area contributed by atoms with Gasteiger partial charge in [-0.05, 0) is 36.4 Å². The summed E-state index contributed by atoms with van der Waals surface area (Å²) in [6.45, 7) is 0.304. The number of benzene rings is 2. The highest BCUT2D eigenvalue weighted by atomic mass is 79.9. The summed E-state index contributed by atoms with van der Waals surface area (Å²) in [5.41, 5.74) is 1.21. The number of ether oxygens (including phenoxy) is 1. The van der Waals surface area contributed by atoms with Gasteiger partial charge in [-0.25, -0.2) is 4.39 Å². The molecule has 8 heteroatoms. The highest BCUT2D eigenvalue weighted by Gasteiger charge is 2.20. The van der Waals surface area contributed by atoms with E-state index in [-0.39, 0.29) is 37.2 Å². The van der Waals surface area contributed by atoms with Gasteiger partial charge in [0.1, 0.15) is 5.82 Å². The van der Waals surface area contributed by atoms with Crippen LogP contribution in [0.1, 0.15) is 21.7 Å². The number of carbonyl (C=O) groups is 2. The molecule has 0 unspecified atom stereocenters. The predicted octanol–water partition coefficient (Wildman–Crippen LogP) is 4.71. The quantitative estimate of drug-likeness (QED) is 0.531. The first-order valence-corrected chi connectivity index (χ1v) is 10.1. The van der Waals surface area contributed by atoms with Crippen LogP contribution in [0, 0.1) is 5.82 Å². The third-order valence-corrected chi connectivity index (χ3v) is 5.75. The zero-order valence-corrected chi connectivity index (χ0v) is 17.5. The summed E-state index contributed by atoms with van der Waals surface area (Å²) in [6.07, 6.45) is 0.126. The summed E-state index contributed by atoms with van der Waals surface area (Å²) in [4.78, 5) is 25.0. The number of halogens is 2. The molecule has 0 radical (unpaired) electrons. The van der Waals surface area contributed by atoms with Crippen molar-refractivity contribution in [3.63, 3.8) is 0 Å². The first-order valence-electron chi connectivity index (χ1n) is 8.52. The standard InChI is InChI=1S/C20H18BrFN2O3S/c1-27-11-14-18-15(22)3-2-4-16(18)28-19(14)20(26)23-10-9-17(25)24-13-7-5-12(21)6-8-13/h2-8H,9-11H2,1H3,(H,23,26)(H,24,25). The van der Waals surface area contributed by atoms with Crippen molar-refractivity contribution >= 4 is 54.9 Å². The third kappa shape index (κ3) is 4.76. The number of fused-ring (bicyclic) bond motifs is 1. The van der Waals surface area contributed by atoms with Gasteiger partial charge in [0.25, 0.3) is 5.91 Å². The van der Waals surface area contributed by atoms with E-state index in [9.17, 15) is 14.0 Å². The van der Waals surface area contributed by atoms with Gasteiger partial charge in [0.05, 0.1) is 11.5 Å². The molecule has 5 nitrogen and oxygen atoms in total. The fourth-order valence-corrected chi connectivity index (χ4v) is 4.16. The van der Waals surface area contributed by atoms with Gasteiger partial charge in [-0.2, -0.15) is 0 Å². The van der Waals surface area contributed by atoms with E-state index in [2.05, 4.69) is 26.6 Å². The number of carbonyl (C=O) groups excluding carboxylic acids is 2. The predicted molar refractivity (Wildman–Crippen MR) is 112 cm³/mol. The molecule has 0 aliphatic heterocycles. The Hall–Kier alpha value is -2.29. The van der Waals surface area contributed by atoms with E-state index in [1.54, 1.807) is 24.3 Å². The number of rotatable bonds is 7. The number of amides is 2. The number of thiophene rings is 1. The van der Waals surface area contributed by atoms with Gasteiger partial charge in [-0.1, -0.05) is 22.0 Å². The first kappa shape index (κ1) is 20.4. The van der Waals surface area contributed by atoms with Gasteiger partial charge in [-0.3, -0.25) is 9.59 Å². The lowest BCUT2D eigenvalue weighted by molar-refractivity contribution is -0.116. The van der Waals surface area contributed by atoms with Gasteiger partial charge in [0.15, 0.2) is 0 Å². The van der Waals surface area contributed by atoms with Gasteiger partial charge >= 0.3 is 0 Å². The number of anilines is 1. The molecule has 146 valence electrons. The average Bonchev–Trinajstić information content (AvgIpc) is 3.04. The van der Waals surface area contributed by atoms with Crippen molar-refractivity contribution in [2.75, 3.05) is 19.0 Å². The molecule has 2 N–H and O–H groups in total. The number of methoxy groups -OCH3 is 1. The lowest BCUT2D eigenvalue weighted by Gasteiger charge is -2.08. The van der Waals surface area contributed by atoms with Crippen LogP contribution in [0.4, 0.5) is 10.1 Å². The van der Waals surface area contributed by atoms with E-state index in [0.29, 0.717) is 26.2 Å². The molecule has 0 bridgehead atoms. The van der Waals surface area contributed by atoms with Crippen LogP contribution in [-0.2, 0) is 16.1 Å². The molecule has 0 saturated carbocycles. The van der Waals surface area contributed by atoms with Crippen LogP contribution in [0.25, 0.3) is 10.1 Å². The molecular formula is C20H18BrFN2O3S. The fraction of sp³-hybridized carbons (Fsp3) is 0.200. The molecule has 2 aromatic carbocycles. The Bertz CT molecular complexity index is 1000. The van der Waals surface area contributed by atoms with E-state index in [1.165, 1.54) is 24.5 Å². The topological polar surface area (TPSA) is 67.4 Å². The largest absolute Gasteiger partial charge is 0.380 e. The Morgan fingerprint density at radius 3 is 2.64 bits per heavy atom. The Morgan fingerprint density at radius 2 is 1.93 bits per heavy atom. The van der Waals surface area contributed by atoms with Gasteiger partial charge in [0, 0.05) is 45.9 Å². The SMILES string of the molecule is COCc1c(C(=O)NCCC(=O)Nc2ccc(Br)cc2)sc2cccc(F)c12. The number of nitrogens with one attached hydrogen (secondary N) is 2. The molecule has 3 rings (SSSR count).